The summed E-state index contributed by atoms with van der Waals surface area (Å²) in [5.41, 5.74) is 0.732. The SMILES string of the molecule is CCOc1ccc(NC(=O)CSc2nnnn2C)cc1. The van der Waals surface area contributed by atoms with Crippen LogP contribution in [0.5, 0.6) is 5.75 Å². The first-order valence-electron chi connectivity index (χ1n) is 6.07. The zero-order valence-corrected chi connectivity index (χ0v) is 12.1. The topological polar surface area (TPSA) is 81.9 Å². The van der Waals surface area contributed by atoms with Crippen molar-refractivity contribution >= 4 is 23.4 Å². The molecule has 8 heteroatoms. The van der Waals surface area contributed by atoms with E-state index in [1.54, 1.807) is 19.2 Å². The number of rotatable bonds is 6. The Labute approximate surface area is 120 Å². The van der Waals surface area contributed by atoms with Gasteiger partial charge in [-0.15, -0.1) is 5.10 Å². The molecule has 1 amide bonds. The van der Waals surface area contributed by atoms with E-state index in [2.05, 4.69) is 20.8 Å². The number of amides is 1. The van der Waals surface area contributed by atoms with Gasteiger partial charge in [0.1, 0.15) is 5.75 Å². The average molecular weight is 293 g/mol. The van der Waals surface area contributed by atoms with Gasteiger partial charge in [-0.05, 0) is 41.6 Å². The van der Waals surface area contributed by atoms with E-state index >= 15 is 0 Å². The Balaban J connectivity index is 1.83. The first kappa shape index (κ1) is 14.3. The fourth-order valence-corrected chi connectivity index (χ4v) is 2.12. The van der Waals surface area contributed by atoms with E-state index < -0.39 is 0 Å². The molecule has 1 N–H and O–H groups in total. The van der Waals surface area contributed by atoms with E-state index in [9.17, 15) is 4.79 Å². The van der Waals surface area contributed by atoms with Crippen LogP contribution in [0, 0.1) is 0 Å². The Hall–Kier alpha value is -2.09. The molecule has 0 unspecified atom stereocenters. The number of carbonyl (C=O) groups is 1. The summed E-state index contributed by atoms with van der Waals surface area (Å²) >= 11 is 1.28. The molecular formula is C12H15N5O2S. The van der Waals surface area contributed by atoms with Crippen LogP contribution in [0.2, 0.25) is 0 Å². The second-order valence-corrected chi connectivity index (χ2v) is 4.82. The molecule has 0 saturated carbocycles. The molecule has 0 fully saturated rings. The second-order valence-electron chi connectivity index (χ2n) is 3.88. The van der Waals surface area contributed by atoms with Crippen LogP contribution in [-0.2, 0) is 11.8 Å². The highest BCUT2D eigenvalue weighted by Crippen LogP contribution is 2.17. The molecule has 2 aromatic rings. The second kappa shape index (κ2) is 6.90. The Morgan fingerprint density at radius 3 is 2.75 bits per heavy atom. The molecule has 0 aliphatic carbocycles. The summed E-state index contributed by atoms with van der Waals surface area (Å²) in [5, 5.41) is 14.4. The largest absolute Gasteiger partial charge is 0.494 e. The minimum atomic E-state index is -0.109. The lowest BCUT2D eigenvalue weighted by molar-refractivity contribution is -0.113. The van der Waals surface area contributed by atoms with Crippen molar-refractivity contribution in [1.82, 2.24) is 20.2 Å². The molecule has 2 rings (SSSR count). The van der Waals surface area contributed by atoms with Gasteiger partial charge in [-0.2, -0.15) is 0 Å². The highest BCUT2D eigenvalue weighted by Gasteiger charge is 2.08. The smallest absolute Gasteiger partial charge is 0.234 e. The number of thioether (sulfide) groups is 1. The number of nitrogens with one attached hydrogen (secondary N) is 1. The lowest BCUT2D eigenvalue weighted by Gasteiger charge is -2.06. The van der Waals surface area contributed by atoms with Crippen molar-refractivity contribution < 1.29 is 9.53 Å². The van der Waals surface area contributed by atoms with Gasteiger partial charge in [0.15, 0.2) is 0 Å². The molecule has 0 spiro atoms. The number of carbonyl (C=O) groups excluding carboxylic acids is 1. The lowest BCUT2D eigenvalue weighted by atomic mass is 10.3. The number of benzene rings is 1. The van der Waals surface area contributed by atoms with Crippen LogP contribution in [0.4, 0.5) is 5.69 Å². The number of hydrogen-bond acceptors (Lipinski definition) is 6. The highest BCUT2D eigenvalue weighted by molar-refractivity contribution is 7.99. The Morgan fingerprint density at radius 2 is 2.15 bits per heavy atom. The molecular weight excluding hydrogens is 278 g/mol. The lowest BCUT2D eigenvalue weighted by Crippen LogP contribution is -2.14. The van der Waals surface area contributed by atoms with Gasteiger partial charge in [-0.25, -0.2) is 4.68 Å². The van der Waals surface area contributed by atoms with Gasteiger partial charge in [0, 0.05) is 12.7 Å². The predicted molar refractivity (Wildman–Crippen MR) is 75.8 cm³/mol. The fraction of sp³-hybridized carbons (Fsp3) is 0.333. The van der Waals surface area contributed by atoms with E-state index in [0.29, 0.717) is 11.8 Å². The first-order valence-corrected chi connectivity index (χ1v) is 7.05. The number of anilines is 1. The van der Waals surface area contributed by atoms with Crippen LogP contribution in [0.3, 0.4) is 0 Å². The average Bonchev–Trinajstić information content (AvgIpc) is 2.84. The van der Waals surface area contributed by atoms with E-state index in [4.69, 9.17) is 4.74 Å². The van der Waals surface area contributed by atoms with Crippen molar-refractivity contribution in [2.24, 2.45) is 7.05 Å². The molecule has 0 atom stereocenters. The standard InChI is InChI=1S/C12H15N5O2S/c1-3-19-10-6-4-9(5-7-10)13-11(18)8-20-12-14-15-16-17(12)2/h4-7H,3,8H2,1-2H3,(H,13,18). The fourth-order valence-electron chi connectivity index (χ4n) is 1.47. The highest BCUT2D eigenvalue weighted by atomic mass is 32.2. The molecule has 106 valence electrons. The zero-order valence-electron chi connectivity index (χ0n) is 11.2. The maximum absolute atomic E-state index is 11.8. The van der Waals surface area contributed by atoms with Gasteiger partial charge in [0.05, 0.1) is 12.4 Å². The van der Waals surface area contributed by atoms with Crippen molar-refractivity contribution in [2.75, 3.05) is 17.7 Å². The monoisotopic (exact) mass is 293 g/mol. The Morgan fingerprint density at radius 1 is 1.40 bits per heavy atom. The number of aryl methyl sites for hydroxylation is 1. The maximum Gasteiger partial charge on any atom is 0.234 e. The van der Waals surface area contributed by atoms with Crippen LogP contribution < -0.4 is 10.1 Å². The van der Waals surface area contributed by atoms with Crippen molar-refractivity contribution in [3.05, 3.63) is 24.3 Å². The van der Waals surface area contributed by atoms with Crippen LogP contribution in [0.25, 0.3) is 0 Å². The third-order valence-electron chi connectivity index (χ3n) is 2.36. The normalized spacial score (nSPS) is 10.3. The molecule has 0 aliphatic heterocycles. The minimum absolute atomic E-state index is 0.109. The number of tetrazole rings is 1. The first-order chi connectivity index (χ1) is 9.69. The van der Waals surface area contributed by atoms with Crippen LogP contribution in [0.1, 0.15) is 6.92 Å². The summed E-state index contributed by atoms with van der Waals surface area (Å²) in [6.45, 7) is 2.54. The Kier molecular flexibility index (Phi) is 4.94. The number of nitrogens with zero attached hydrogens (tertiary/aromatic N) is 4. The van der Waals surface area contributed by atoms with Crippen LogP contribution in [-0.4, -0.2) is 38.5 Å². The summed E-state index contributed by atoms with van der Waals surface area (Å²) in [6.07, 6.45) is 0. The third-order valence-corrected chi connectivity index (χ3v) is 3.37. The van der Waals surface area contributed by atoms with Crippen molar-refractivity contribution in [3.63, 3.8) is 0 Å². The summed E-state index contributed by atoms with van der Waals surface area (Å²) < 4.78 is 6.86. The molecule has 1 aromatic carbocycles. The van der Waals surface area contributed by atoms with Crippen molar-refractivity contribution in [1.29, 1.82) is 0 Å². The van der Waals surface area contributed by atoms with Gasteiger partial charge < -0.3 is 10.1 Å². The molecule has 0 saturated heterocycles. The summed E-state index contributed by atoms with van der Waals surface area (Å²) in [5.74, 6) is 0.925. The van der Waals surface area contributed by atoms with E-state index in [0.717, 1.165) is 11.4 Å². The van der Waals surface area contributed by atoms with Gasteiger partial charge in [0.25, 0.3) is 0 Å². The van der Waals surface area contributed by atoms with E-state index in [1.165, 1.54) is 16.4 Å². The Bertz CT molecular complexity index is 569. The molecule has 0 aliphatic rings. The molecule has 1 heterocycles. The van der Waals surface area contributed by atoms with Crippen LogP contribution >= 0.6 is 11.8 Å². The number of ether oxygens (including phenoxy) is 1. The summed E-state index contributed by atoms with van der Waals surface area (Å²) in [7, 11) is 1.73. The number of hydrogen-bond donors (Lipinski definition) is 1. The molecule has 7 nitrogen and oxygen atoms in total. The van der Waals surface area contributed by atoms with Crippen molar-refractivity contribution in [3.8, 4) is 5.75 Å². The van der Waals surface area contributed by atoms with E-state index in [1.807, 2.05) is 19.1 Å². The summed E-state index contributed by atoms with van der Waals surface area (Å²) in [6, 6.07) is 7.24. The van der Waals surface area contributed by atoms with Gasteiger partial charge >= 0.3 is 0 Å². The molecule has 1 aromatic heterocycles. The quantitative estimate of drug-likeness (QED) is 0.809. The van der Waals surface area contributed by atoms with Gasteiger partial charge in [-0.3, -0.25) is 4.79 Å². The maximum atomic E-state index is 11.8. The minimum Gasteiger partial charge on any atom is -0.494 e. The zero-order chi connectivity index (χ0) is 14.4. The van der Waals surface area contributed by atoms with Crippen LogP contribution in [0.15, 0.2) is 29.4 Å². The molecule has 0 radical (unpaired) electrons. The van der Waals surface area contributed by atoms with E-state index in [-0.39, 0.29) is 11.7 Å². The molecule has 0 bridgehead atoms. The van der Waals surface area contributed by atoms with Gasteiger partial charge in [-0.1, -0.05) is 11.8 Å². The van der Waals surface area contributed by atoms with Gasteiger partial charge in [0.2, 0.25) is 11.1 Å². The molecule has 20 heavy (non-hydrogen) atoms. The summed E-state index contributed by atoms with van der Waals surface area (Å²) in [4.78, 5) is 11.8. The number of aromatic nitrogens is 4. The van der Waals surface area contributed by atoms with Crippen molar-refractivity contribution in [2.45, 2.75) is 12.1 Å². The third kappa shape index (κ3) is 3.95. The predicted octanol–water partition coefficient (Wildman–Crippen LogP) is 1.34.